The molecular formula is C11H16N2O2. The summed E-state index contributed by atoms with van der Waals surface area (Å²) in [5, 5.41) is 12.4. The van der Waals surface area contributed by atoms with Gasteiger partial charge in [-0.15, -0.1) is 0 Å². The Kier molecular flexibility index (Phi) is 4.12. The first-order valence-corrected chi connectivity index (χ1v) is 4.95. The average molecular weight is 208 g/mol. The van der Waals surface area contributed by atoms with E-state index in [9.17, 15) is 9.90 Å². The minimum Gasteiger partial charge on any atom is -0.391 e. The van der Waals surface area contributed by atoms with Gasteiger partial charge in [0.15, 0.2) is 0 Å². The molecule has 0 aliphatic heterocycles. The van der Waals surface area contributed by atoms with Crippen molar-refractivity contribution < 1.29 is 9.90 Å². The van der Waals surface area contributed by atoms with Gasteiger partial charge in [0.25, 0.3) is 0 Å². The molecular weight excluding hydrogens is 192 g/mol. The quantitative estimate of drug-likeness (QED) is 0.675. The van der Waals surface area contributed by atoms with E-state index in [0.717, 1.165) is 5.69 Å². The number of rotatable bonds is 5. The molecule has 4 heteroatoms. The number of aliphatic hydroxyl groups is 1. The van der Waals surface area contributed by atoms with Gasteiger partial charge in [-0.05, 0) is 30.7 Å². The van der Waals surface area contributed by atoms with Crippen LogP contribution in [0.1, 0.15) is 23.7 Å². The molecule has 1 rings (SSSR count). The number of amides is 1. The number of carbonyl (C=O) groups is 1. The number of primary amides is 1. The Labute approximate surface area is 89.1 Å². The van der Waals surface area contributed by atoms with Gasteiger partial charge in [0, 0.05) is 17.8 Å². The number of carbonyl (C=O) groups excluding carboxylic acids is 1. The molecule has 0 aliphatic carbocycles. The van der Waals surface area contributed by atoms with Crippen LogP contribution in [0.2, 0.25) is 0 Å². The predicted molar refractivity (Wildman–Crippen MR) is 59.7 cm³/mol. The summed E-state index contributed by atoms with van der Waals surface area (Å²) in [5.74, 6) is -0.435. The van der Waals surface area contributed by atoms with Crippen molar-refractivity contribution in [2.75, 3.05) is 11.9 Å². The summed E-state index contributed by atoms with van der Waals surface area (Å²) in [6, 6.07) is 6.84. The monoisotopic (exact) mass is 208 g/mol. The highest BCUT2D eigenvalue weighted by Crippen LogP contribution is 2.09. The van der Waals surface area contributed by atoms with Gasteiger partial charge in [-0.3, -0.25) is 4.79 Å². The lowest BCUT2D eigenvalue weighted by Gasteiger charge is -2.10. The molecule has 1 aromatic carbocycles. The molecule has 0 heterocycles. The second-order valence-electron chi connectivity index (χ2n) is 3.38. The third kappa shape index (κ3) is 3.59. The number of benzene rings is 1. The first-order valence-electron chi connectivity index (χ1n) is 4.95. The zero-order valence-corrected chi connectivity index (χ0v) is 8.73. The Bertz CT molecular complexity index is 322. The molecule has 0 bridgehead atoms. The Morgan fingerprint density at radius 2 is 2.07 bits per heavy atom. The Morgan fingerprint density at radius 1 is 1.47 bits per heavy atom. The van der Waals surface area contributed by atoms with Crippen molar-refractivity contribution in [1.82, 2.24) is 0 Å². The van der Waals surface area contributed by atoms with E-state index in [1.54, 1.807) is 24.3 Å². The maximum absolute atomic E-state index is 10.8. The lowest BCUT2D eigenvalue weighted by atomic mass is 10.2. The van der Waals surface area contributed by atoms with Crippen LogP contribution in [-0.4, -0.2) is 23.7 Å². The molecule has 1 unspecified atom stereocenters. The van der Waals surface area contributed by atoms with Crippen LogP contribution in [0, 0.1) is 0 Å². The van der Waals surface area contributed by atoms with Gasteiger partial charge in [-0.2, -0.15) is 0 Å². The van der Waals surface area contributed by atoms with E-state index >= 15 is 0 Å². The van der Waals surface area contributed by atoms with Crippen molar-refractivity contribution in [2.24, 2.45) is 5.73 Å². The van der Waals surface area contributed by atoms with Crippen LogP contribution in [0.15, 0.2) is 24.3 Å². The number of nitrogens with one attached hydrogen (secondary N) is 1. The number of aliphatic hydroxyl groups excluding tert-OH is 1. The molecule has 0 saturated heterocycles. The highest BCUT2D eigenvalue weighted by molar-refractivity contribution is 5.93. The summed E-state index contributed by atoms with van der Waals surface area (Å²) in [4.78, 5) is 10.8. The van der Waals surface area contributed by atoms with Crippen molar-refractivity contribution in [3.63, 3.8) is 0 Å². The van der Waals surface area contributed by atoms with E-state index in [1.807, 2.05) is 6.92 Å². The van der Waals surface area contributed by atoms with Crippen molar-refractivity contribution in [3.8, 4) is 0 Å². The van der Waals surface area contributed by atoms with E-state index in [4.69, 9.17) is 5.73 Å². The minimum atomic E-state index is -0.435. The fourth-order valence-electron chi connectivity index (χ4n) is 1.13. The maximum Gasteiger partial charge on any atom is 0.248 e. The molecule has 0 saturated carbocycles. The largest absolute Gasteiger partial charge is 0.391 e. The highest BCUT2D eigenvalue weighted by atomic mass is 16.3. The third-order valence-electron chi connectivity index (χ3n) is 2.18. The molecule has 4 N–H and O–H groups in total. The molecule has 1 aromatic rings. The van der Waals surface area contributed by atoms with Gasteiger partial charge in [0.1, 0.15) is 0 Å². The molecule has 0 aromatic heterocycles. The summed E-state index contributed by atoms with van der Waals surface area (Å²) >= 11 is 0. The number of hydrogen-bond donors (Lipinski definition) is 3. The summed E-state index contributed by atoms with van der Waals surface area (Å²) in [6.07, 6.45) is 0.368. The Hall–Kier alpha value is -1.55. The van der Waals surface area contributed by atoms with Crippen LogP contribution >= 0.6 is 0 Å². The highest BCUT2D eigenvalue weighted by Gasteiger charge is 2.01. The SMILES string of the molecule is CCC(O)CNc1ccc(C(N)=O)cc1. The summed E-state index contributed by atoms with van der Waals surface area (Å²) < 4.78 is 0. The van der Waals surface area contributed by atoms with E-state index < -0.39 is 5.91 Å². The van der Waals surface area contributed by atoms with Gasteiger partial charge >= 0.3 is 0 Å². The fraction of sp³-hybridized carbons (Fsp3) is 0.364. The van der Waals surface area contributed by atoms with Crippen LogP contribution < -0.4 is 11.1 Å². The molecule has 15 heavy (non-hydrogen) atoms. The van der Waals surface area contributed by atoms with Crippen LogP contribution in [0.3, 0.4) is 0 Å². The zero-order valence-electron chi connectivity index (χ0n) is 8.73. The molecule has 4 nitrogen and oxygen atoms in total. The number of nitrogens with two attached hydrogens (primary N) is 1. The average Bonchev–Trinajstić information content (AvgIpc) is 2.26. The minimum absolute atomic E-state index is 0.346. The summed E-state index contributed by atoms with van der Waals surface area (Å²) in [5.41, 5.74) is 6.46. The normalized spacial score (nSPS) is 12.1. The molecule has 82 valence electrons. The van der Waals surface area contributed by atoms with Gasteiger partial charge < -0.3 is 16.2 Å². The first kappa shape index (κ1) is 11.5. The lowest BCUT2D eigenvalue weighted by Crippen LogP contribution is -2.18. The molecule has 0 spiro atoms. The standard InChI is InChI=1S/C11H16N2O2/c1-2-10(14)7-13-9-5-3-8(4-6-9)11(12)15/h3-6,10,13-14H,2,7H2,1H3,(H2,12,15). The molecule has 1 amide bonds. The second kappa shape index (κ2) is 5.36. The van der Waals surface area contributed by atoms with Gasteiger partial charge in [0.2, 0.25) is 5.91 Å². The topological polar surface area (TPSA) is 75.3 Å². The van der Waals surface area contributed by atoms with Crippen LogP contribution in [-0.2, 0) is 0 Å². The maximum atomic E-state index is 10.8. The van der Waals surface area contributed by atoms with Crippen molar-refractivity contribution in [2.45, 2.75) is 19.4 Å². The van der Waals surface area contributed by atoms with Gasteiger partial charge in [-0.1, -0.05) is 6.92 Å². The molecule has 0 aliphatic rings. The molecule has 0 fully saturated rings. The van der Waals surface area contributed by atoms with Crippen LogP contribution in [0.25, 0.3) is 0 Å². The van der Waals surface area contributed by atoms with Crippen LogP contribution in [0.5, 0.6) is 0 Å². The lowest BCUT2D eigenvalue weighted by molar-refractivity contribution is 0.100. The van der Waals surface area contributed by atoms with Crippen molar-refractivity contribution in [1.29, 1.82) is 0 Å². The van der Waals surface area contributed by atoms with E-state index in [-0.39, 0.29) is 6.10 Å². The van der Waals surface area contributed by atoms with Crippen molar-refractivity contribution >= 4 is 11.6 Å². The smallest absolute Gasteiger partial charge is 0.248 e. The Balaban J connectivity index is 2.53. The second-order valence-corrected chi connectivity index (χ2v) is 3.38. The van der Waals surface area contributed by atoms with Gasteiger partial charge in [0.05, 0.1) is 6.10 Å². The Morgan fingerprint density at radius 3 is 2.53 bits per heavy atom. The number of anilines is 1. The summed E-state index contributed by atoms with van der Waals surface area (Å²) in [6.45, 7) is 2.43. The zero-order chi connectivity index (χ0) is 11.3. The molecule has 0 radical (unpaired) electrons. The van der Waals surface area contributed by atoms with E-state index in [2.05, 4.69) is 5.32 Å². The summed E-state index contributed by atoms with van der Waals surface area (Å²) in [7, 11) is 0. The predicted octanol–water partition coefficient (Wildman–Crippen LogP) is 0.968. The molecule has 1 atom stereocenters. The fourth-order valence-corrected chi connectivity index (χ4v) is 1.13. The van der Waals surface area contributed by atoms with E-state index in [0.29, 0.717) is 18.5 Å². The van der Waals surface area contributed by atoms with E-state index in [1.165, 1.54) is 0 Å². The number of hydrogen-bond acceptors (Lipinski definition) is 3. The third-order valence-corrected chi connectivity index (χ3v) is 2.18. The van der Waals surface area contributed by atoms with Crippen LogP contribution in [0.4, 0.5) is 5.69 Å². The first-order chi connectivity index (χ1) is 7.13. The van der Waals surface area contributed by atoms with Gasteiger partial charge in [-0.25, -0.2) is 0 Å². The van der Waals surface area contributed by atoms with Crippen molar-refractivity contribution in [3.05, 3.63) is 29.8 Å².